The summed E-state index contributed by atoms with van der Waals surface area (Å²) in [5.74, 6) is -0.813. The van der Waals surface area contributed by atoms with Crippen molar-refractivity contribution < 1.29 is 32.8 Å². The molecular weight excluding hydrogens is 389 g/mol. The van der Waals surface area contributed by atoms with Crippen molar-refractivity contribution in [2.45, 2.75) is 12.7 Å². The molecule has 2 N–H and O–H groups in total. The molecule has 0 unspecified atom stereocenters. The summed E-state index contributed by atoms with van der Waals surface area (Å²) in [5.41, 5.74) is -2.12. The molecule has 0 spiro atoms. The first-order valence-electron chi connectivity index (χ1n) is 7.30. The van der Waals surface area contributed by atoms with Gasteiger partial charge in [-0.15, -0.1) is 0 Å². The number of thiazole rings is 1. The molecule has 140 valence electrons. The van der Waals surface area contributed by atoms with Crippen LogP contribution in [0.25, 0.3) is 10.2 Å². The summed E-state index contributed by atoms with van der Waals surface area (Å²) in [5, 5.41) is 23.3. The maximum Gasteiger partial charge on any atom is 0.416 e. The van der Waals surface area contributed by atoms with E-state index in [0.717, 1.165) is 0 Å². The number of amides is 1. The molecule has 12 heteroatoms. The summed E-state index contributed by atoms with van der Waals surface area (Å²) in [6.45, 7) is 0.00378. The summed E-state index contributed by atoms with van der Waals surface area (Å²) in [4.78, 5) is 26.4. The van der Waals surface area contributed by atoms with E-state index in [0.29, 0.717) is 29.2 Å². The van der Waals surface area contributed by atoms with Crippen molar-refractivity contribution >= 4 is 33.1 Å². The monoisotopic (exact) mass is 399 g/mol. The van der Waals surface area contributed by atoms with Crippen molar-refractivity contribution in [3.63, 3.8) is 0 Å². The molecule has 0 saturated heterocycles. The van der Waals surface area contributed by atoms with Gasteiger partial charge >= 0.3 is 17.1 Å². The number of carbonyl (C=O) groups excluding carboxylic acids is 1. The molecule has 2 heterocycles. The van der Waals surface area contributed by atoms with Crippen LogP contribution in [-0.4, -0.2) is 21.0 Å². The second kappa shape index (κ2) is 6.79. The number of aromatic nitrogens is 2. The molecule has 8 nitrogen and oxygen atoms in total. The van der Waals surface area contributed by atoms with Gasteiger partial charge in [0.05, 0.1) is 22.7 Å². The number of nitro groups is 1. The fourth-order valence-electron chi connectivity index (χ4n) is 2.30. The van der Waals surface area contributed by atoms with Crippen molar-refractivity contribution in [2.24, 2.45) is 0 Å². The topological polar surface area (TPSA) is 109 Å². The summed E-state index contributed by atoms with van der Waals surface area (Å²) < 4.78 is 38.9. The molecule has 0 bridgehead atoms. The zero-order chi connectivity index (χ0) is 19.8. The number of hydrogen-bond acceptors (Lipinski definition) is 6. The van der Waals surface area contributed by atoms with Crippen molar-refractivity contribution in [1.82, 2.24) is 10.3 Å². The molecule has 0 fully saturated rings. The van der Waals surface area contributed by atoms with Crippen LogP contribution in [0.3, 0.4) is 0 Å². The van der Waals surface area contributed by atoms with Gasteiger partial charge in [0.25, 0.3) is 11.2 Å². The third-order valence-corrected chi connectivity index (χ3v) is 4.72. The van der Waals surface area contributed by atoms with E-state index in [4.69, 9.17) is 0 Å². The van der Waals surface area contributed by atoms with Gasteiger partial charge in [0.1, 0.15) is 0 Å². The van der Waals surface area contributed by atoms with E-state index in [9.17, 15) is 33.3 Å². The Kier molecular flexibility index (Phi) is 4.66. The van der Waals surface area contributed by atoms with Crippen molar-refractivity contribution in [2.75, 3.05) is 0 Å². The van der Waals surface area contributed by atoms with Crippen LogP contribution in [0.15, 0.2) is 36.5 Å². The lowest BCUT2D eigenvalue weighted by molar-refractivity contribution is -0.882. The van der Waals surface area contributed by atoms with Crippen LogP contribution < -0.4 is 10.0 Å². The number of pyridine rings is 1. The van der Waals surface area contributed by atoms with Crippen molar-refractivity contribution in [3.05, 3.63) is 62.9 Å². The quantitative estimate of drug-likeness (QED) is 0.303. The summed E-state index contributed by atoms with van der Waals surface area (Å²) in [6, 6.07) is 5.93. The van der Waals surface area contributed by atoms with Gasteiger partial charge in [0.2, 0.25) is 0 Å². The number of carbonyl (C=O) groups is 1. The van der Waals surface area contributed by atoms with E-state index in [1.807, 2.05) is 0 Å². The SMILES string of the molecule is O=C(NCc1ccccn1)c1sc2c([N+](=O)[O-])cc(C(F)(F)F)cc2[n+]1O. The normalized spacial score (nSPS) is 11.5. The van der Waals surface area contributed by atoms with Gasteiger partial charge in [-0.1, -0.05) is 6.07 Å². The van der Waals surface area contributed by atoms with Gasteiger partial charge in [0.15, 0.2) is 4.70 Å². The lowest BCUT2D eigenvalue weighted by Crippen LogP contribution is -2.39. The second-order valence-corrected chi connectivity index (χ2v) is 6.32. The van der Waals surface area contributed by atoms with E-state index in [1.165, 1.54) is 6.20 Å². The fraction of sp³-hybridized carbons (Fsp3) is 0.133. The second-order valence-electron chi connectivity index (χ2n) is 5.32. The Morgan fingerprint density at radius 1 is 1.37 bits per heavy atom. The number of nitrogens with one attached hydrogen (secondary N) is 1. The predicted octanol–water partition coefficient (Wildman–Crippen LogP) is 2.68. The van der Waals surface area contributed by atoms with Gasteiger partial charge < -0.3 is 5.32 Å². The number of nitrogens with zero attached hydrogens (tertiary/aromatic N) is 3. The summed E-state index contributed by atoms with van der Waals surface area (Å²) in [7, 11) is 0. The minimum Gasteiger partial charge on any atom is -0.340 e. The predicted molar refractivity (Wildman–Crippen MR) is 86.3 cm³/mol. The first-order chi connectivity index (χ1) is 12.7. The molecule has 1 amide bonds. The number of rotatable bonds is 4. The number of alkyl halides is 3. The first kappa shape index (κ1) is 18.5. The molecule has 3 aromatic rings. The Labute approximate surface area is 152 Å². The molecule has 0 aliphatic heterocycles. The minimum atomic E-state index is -4.85. The average molecular weight is 399 g/mol. The molecule has 27 heavy (non-hydrogen) atoms. The Morgan fingerprint density at radius 2 is 2.11 bits per heavy atom. The number of hydrogen-bond donors (Lipinski definition) is 2. The Hall–Kier alpha value is -3.28. The molecule has 0 atom stereocenters. The van der Waals surface area contributed by atoms with Crippen LogP contribution in [0.1, 0.15) is 21.1 Å². The molecule has 0 aliphatic rings. The number of fused-ring (bicyclic) bond motifs is 1. The van der Waals surface area contributed by atoms with Gasteiger partial charge in [0, 0.05) is 23.1 Å². The third kappa shape index (κ3) is 3.65. The molecule has 2 aromatic heterocycles. The zero-order valence-corrected chi connectivity index (χ0v) is 14.0. The number of non-ortho nitro benzene ring substituents is 1. The van der Waals surface area contributed by atoms with E-state index in [2.05, 4.69) is 10.3 Å². The Bertz CT molecular complexity index is 1040. The standard InChI is InChI=1S/C15H9F3N4O4S/c16-15(17,18)8-5-10-12(11(6-8)22(25)26)27-14(21(10)24)13(23)20-7-9-3-1-2-4-19-9/h1-6H,7H2,(H-,20,23,24)/p+1. The van der Waals surface area contributed by atoms with E-state index in [-0.39, 0.29) is 16.0 Å². The van der Waals surface area contributed by atoms with Crippen molar-refractivity contribution in [3.8, 4) is 0 Å². The average Bonchev–Trinajstić information content (AvgIpc) is 2.96. The first-order valence-corrected chi connectivity index (χ1v) is 8.11. The highest BCUT2D eigenvalue weighted by Crippen LogP contribution is 2.37. The van der Waals surface area contributed by atoms with E-state index >= 15 is 0 Å². The number of benzene rings is 1. The van der Waals surface area contributed by atoms with Crippen LogP contribution in [-0.2, 0) is 12.7 Å². The van der Waals surface area contributed by atoms with Crippen LogP contribution >= 0.6 is 11.3 Å². The molecule has 0 aliphatic carbocycles. The molecule has 1 aromatic carbocycles. The Morgan fingerprint density at radius 3 is 2.70 bits per heavy atom. The van der Waals surface area contributed by atoms with E-state index < -0.39 is 38.8 Å². The molecule has 0 radical (unpaired) electrons. The third-order valence-electron chi connectivity index (χ3n) is 3.54. The Balaban J connectivity index is 2.02. The lowest BCUT2D eigenvalue weighted by atomic mass is 10.2. The number of nitro benzene ring substituents is 1. The summed E-state index contributed by atoms with van der Waals surface area (Å²) >= 11 is 0.513. The molecule has 3 rings (SSSR count). The maximum absolute atomic E-state index is 13.0. The van der Waals surface area contributed by atoms with Crippen molar-refractivity contribution in [1.29, 1.82) is 0 Å². The highest BCUT2D eigenvalue weighted by Gasteiger charge is 2.39. The van der Waals surface area contributed by atoms with Crippen LogP contribution in [0.2, 0.25) is 0 Å². The van der Waals surface area contributed by atoms with Gasteiger partial charge in [-0.25, -0.2) is 0 Å². The fourth-order valence-corrected chi connectivity index (χ4v) is 3.33. The minimum absolute atomic E-state index is 0.00378. The lowest BCUT2D eigenvalue weighted by Gasteiger charge is -2.04. The molecular formula is C15H10F3N4O4S+. The number of halogens is 3. The highest BCUT2D eigenvalue weighted by atomic mass is 32.1. The smallest absolute Gasteiger partial charge is 0.340 e. The largest absolute Gasteiger partial charge is 0.416 e. The van der Waals surface area contributed by atoms with Gasteiger partial charge in [-0.05, 0) is 23.5 Å². The van der Waals surface area contributed by atoms with Crippen LogP contribution in [0.4, 0.5) is 18.9 Å². The van der Waals surface area contributed by atoms with Crippen LogP contribution in [0.5, 0.6) is 0 Å². The zero-order valence-electron chi connectivity index (χ0n) is 13.2. The summed E-state index contributed by atoms with van der Waals surface area (Å²) in [6.07, 6.45) is -3.34. The molecule has 0 saturated carbocycles. The van der Waals surface area contributed by atoms with E-state index in [1.54, 1.807) is 18.2 Å². The maximum atomic E-state index is 13.0. The van der Waals surface area contributed by atoms with Gasteiger partial charge in [-0.2, -0.15) is 13.2 Å². The van der Waals surface area contributed by atoms with Gasteiger partial charge in [-0.3, -0.25) is 25.1 Å². The van der Waals surface area contributed by atoms with Crippen LogP contribution in [0, 0.1) is 10.1 Å². The highest BCUT2D eigenvalue weighted by molar-refractivity contribution is 7.20.